The lowest BCUT2D eigenvalue weighted by molar-refractivity contribution is -0.142. The van der Waals surface area contributed by atoms with Crippen LogP contribution in [0.1, 0.15) is 54.4 Å². The minimum Gasteiger partial charge on any atom is -0.480 e. The molecule has 7 nitrogen and oxygen atoms in total. The number of carbonyl (C=O) groups is 3. The van der Waals surface area contributed by atoms with Gasteiger partial charge >= 0.3 is 12.1 Å². The molecule has 0 rings (SSSR count). The van der Waals surface area contributed by atoms with Gasteiger partial charge in [-0.15, -0.1) is 0 Å². The van der Waals surface area contributed by atoms with Crippen LogP contribution in [-0.4, -0.2) is 40.8 Å². The first kappa shape index (κ1) is 20.2. The molecule has 0 aromatic rings. The summed E-state index contributed by atoms with van der Waals surface area (Å²) in [6.07, 6.45) is -0.0417. The number of amides is 2. The summed E-state index contributed by atoms with van der Waals surface area (Å²) >= 11 is 0. The first-order valence-electron chi connectivity index (χ1n) is 7.49. The van der Waals surface area contributed by atoms with Crippen LogP contribution in [0.5, 0.6) is 0 Å². The standard InChI is InChI=1S/C15H28N2O5/c1-7-10(13(19)20)16-12(18)11(8-9(2)3)17-14(21)22-15(4,5)6/h9-11H,7-8H2,1-6H3,(H,16,18)(H,17,21)(H,19,20). The molecule has 0 bridgehead atoms. The predicted molar refractivity (Wildman–Crippen MR) is 82.5 cm³/mol. The van der Waals surface area contributed by atoms with Gasteiger partial charge in [0, 0.05) is 0 Å². The van der Waals surface area contributed by atoms with Gasteiger partial charge in [-0.2, -0.15) is 0 Å². The lowest BCUT2D eigenvalue weighted by Crippen LogP contribution is -2.52. The highest BCUT2D eigenvalue weighted by atomic mass is 16.6. The molecule has 128 valence electrons. The van der Waals surface area contributed by atoms with Crippen LogP contribution in [-0.2, 0) is 14.3 Å². The van der Waals surface area contributed by atoms with E-state index in [2.05, 4.69) is 10.6 Å². The van der Waals surface area contributed by atoms with Gasteiger partial charge in [0.05, 0.1) is 0 Å². The summed E-state index contributed by atoms with van der Waals surface area (Å²) < 4.78 is 5.13. The Balaban J connectivity index is 4.85. The van der Waals surface area contributed by atoms with Crippen molar-refractivity contribution in [3.63, 3.8) is 0 Å². The highest BCUT2D eigenvalue weighted by molar-refractivity contribution is 5.89. The smallest absolute Gasteiger partial charge is 0.408 e. The van der Waals surface area contributed by atoms with Gasteiger partial charge in [-0.05, 0) is 39.5 Å². The molecule has 2 atom stereocenters. The molecular formula is C15H28N2O5. The number of carboxylic acids is 1. The Labute approximate surface area is 131 Å². The number of carbonyl (C=O) groups excluding carboxylic acids is 2. The number of nitrogens with one attached hydrogen (secondary N) is 2. The summed E-state index contributed by atoms with van der Waals surface area (Å²) in [6, 6.07) is -1.80. The van der Waals surface area contributed by atoms with Gasteiger partial charge in [0.2, 0.25) is 5.91 Å². The van der Waals surface area contributed by atoms with Crippen molar-refractivity contribution < 1.29 is 24.2 Å². The fraction of sp³-hybridized carbons (Fsp3) is 0.800. The van der Waals surface area contributed by atoms with E-state index < -0.39 is 35.7 Å². The first-order chi connectivity index (χ1) is 9.96. The third-order valence-electron chi connectivity index (χ3n) is 2.74. The van der Waals surface area contributed by atoms with Crippen LogP contribution in [0.4, 0.5) is 4.79 Å². The fourth-order valence-electron chi connectivity index (χ4n) is 1.76. The van der Waals surface area contributed by atoms with Crippen LogP contribution in [0.2, 0.25) is 0 Å². The summed E-state index contributed by atoms with van der Waals surface area (Å²) in [5.41, 5.74) is -0.671. The molecule has 0 aliphatic heterocycles. The maximum absolute atomic E-state index is 12.2. The molecule has 0 aromatic carbocycles. The molecule has 0 saturated carbocycles. The molecule has 0 saturated heterocycles. The Hall–Kier alpha value is -1.79. The third-order valence-corrected chi connectivity index (χ3v) is 2.74. The summed E-state index contributed by atoms with van der Waals surface area (Å²) in [5, 5.41) is 13.9. The Morgan fingerprint density at radius 1 is 1.09 bits per heavy atom. The number of hydrogen-bond acceptors (Lipinski definition) is 4. The Bertz CT molecular complexity index is 401. The first-order valence-corrected chi connectivity index (χ1v) is 7.49. The van der Waals surface area contributed by atoms with Crippen molar-refractivity contribution in [2.45, 2.75) is 72.1 Å². The van der Waals surface area contributed by atoms with Gasteiger partial charge in [0.1, 0.15) is 17.7 Å². The van der Waals surface area contributed by atoms with Crippen molar-refractivity contribution in [2.24, 2.45) is 5.92 Å². The van der Waals surface area contributed by atoms with Crippen LogP contribution in [0.15, 0.2) is 0 Å². The van der Waals surface area contributed by atoms with Crippen LogP contribution < -0.4 is 10.6 Å². The highest BCUT2D eigenvalue weighted by Crippen LogP contribution is 2.10. The van der Waals surface area contributed by atoms with E-state index in [4.69, 9.17) is 9.84 Å². The molecule has 0 aliphatic rings. The monoisotopic (exact) mass is 316 g/mol. The number of alkyl carbamates (subject to hydrolysis) is 1. The van der Waals surface area contributed by atoms with Gasteiger partial charge in [0.15, 0.2) is 0 Å². The minimum atomic E-state index is -1.10. The normalized spacial score (nSPS) is 14.1. The second-order valence-corrected chi connectivity index (χ2v) is 6.64. The van der Waals surface area contributed by atoms with E-state index in [0.29, 0.717) is 6.42 Å². The number of aliphatic carboxylic acids is 1. The number of rotatable bonds is 7. The van der Waals surface area contributed by atoms with E-state index in [1.165, 1.54) is 0 Å². The quantitative estimate of drug-likeness (QED) is 0.665. The molecule has 7 heteroatoms. The van der Waals surface area contributed by atoms with Gasteiger partial charge in [-0.3, -0.25) is 4.79 Å². The van der Waals surface area contributed by atoms with Crippen LogP contribution in [0, 0.1) is 5.92 Å². The highest BCUT2D eigenvalue weighted by Gasteiger charge is 2.27. The summed E-state index contributed by atoms with van der Waals surface area (Å²) in [7, 11) is 0. The summed E-state index contributed by atoms with van der Waals surface area (Å²) in [4.78, 5) is 35.0. The van der Waals surface area contributed by atoms with Crippen molar-refractivity contribution in [1.82, 2.24) is 10.6 Å². The van der Waals surface area contributed by atoms with Crippen LogP contribution in [0.3, 0.4) is 0 Å². The molecule has 0 aromatic heterocycles. The molecule has 0 fully saturated rings. The van der Waals surface area contributed by atoms with Crippen molar-refractivity contribution in [2.75, 3.05) is 0 Å². The second kappa shape index (κ2) is 8.60. The van der Waals surface area contributed by atoms with Crippen molar-refractivity contribution in [3.8, 4) is 0 Å². The van der Waals surface area contributed by atoms with Gasteiger partial charge in [0.25, 0.3) is 0 Å². The zero-order valence-electron chi connectivity index (χ0n) is 14.2. The van der Waals surface area contributed by atoms with Crippen LogP contribution in [0.25, 0.3) is 0 Å². The second-order valence-electron chi connectivity index (χ2n) is 6.64. The average Bonchev–Trinajstić information content (AvgIpc) is 2.31. The zero-order valence-corrected chi connectivity index (χ0v) is 14.2. The number of hydrogen-bond donors (Lipinski definition) is 3. The average molecular weight is 316 g/mol. The molecule has 0 heterocycles. The fourth-order valence-corrected chi connectivity index (χ4v) is 1.76. The topological polar surface area (TPSA) is 105 Å². The minimum absolute atomic E-state index is 0.149. The van der Waals surface area contributed by atoms with Gasteiger partial charge in [-0.25, -0.2) is 9.59 Å². The van der Waals surface area contributed by atoms with E-state index in [1.54, 1.807) is 27.7 Å². The molecule has 0 spiro atoms. The molecule has 2 unspecified atom stereocenters. The summed E-state index contributed by atoms with van der Waals surface area (Å²) in [5.74, 6) is -1.47. The molecular weight excluding hydrogens is 288 g/mol. The zero-order chi connectivity index (χ0) is 17.5. The molecule has 0 radical (unpaired) electrons. The van der Waals surface area contributed by atoms with E-state index in [1.807, 2.05) is 13.8 Å². The predicted octanol–water partition coefficient (Wildman–Crippen LogP) is 1.91. The Morgan fingerprint density at radius 3 is 2.00 bits per heavy atom. The maximum atomic E-state index is 12.2. The van der Waals surface area contributed by atoms with E-state index in [9.17, 15) is 14.4 Å². The SMILES string of the molecule is CCC(NC(=O)C(CC(C)C)NC(=O)OC(C)(C)C)C(=O)O. The molecule has 2 amide bonds. The van der Waals surface area contributed by atoms with Crippen molar-refractivity contribution in [3.05, 3.63) is 0 Å². The largest absolute Gasteiger partial charge is 0.480 e. The summed E-state index contributed by atoms with van der Waals surface area (Å²) in [6.45, 7) is 10.7. The number of carboxylic acid groups (broad SMARTS) is 1. The van der Waals surface area contributed by atoms with E-state index >= 15 is 0 Å². The van der Waals surface area contributed by atoms with E-state index in [-0.39, 0.29) is 12.3 Å². The van der Waals surface area contributed by atoms with E-state index in [0.717, 1.165) is 0 Å². The van der Waals surface area contributed by atoms with Gasteiger partial charge < -0.3 is 20.5 Å². The Morgan fingerprint density at radius 2 is 1.64 bits per heavy atom. The van der Waals surface area contributed by atoms with Crippen LogP contribution >= 0.6 is 0 Å². The Kier molecular flexibility index (Phi) is 7.90. The molecule has 0 aliphatic carbocycles. The third kappa shape index (κ3) is 8.49. The van der Waals surface area contributed by atoms with Gasteiger partial charge in [-0.1, -0.05) is 20.8 Å². The molecule has 3 N–H and O–H groups in total. The lowest BCUT2D eigenvalue weighted by Gasteiger charge is -2.25. The maximum Gasteiger partial charge on any atom is 0.408 e. The van der Waals surface area contributed by atoms with Crippen molar-refractivity contribution in [1.29, 1.82) is 0 Å². The number of ether oxygens (including phenoxy) is 1. The molecule has 22 heavy (non-hydrogen) atoms. The lowest BCUT2D eigenvalue weighted by atomic mass is 10.0. The van der Waals surface area contributed by atoms with Crippen molar-refractivity contribution >= 4 is 18.0 Å².